The number of nitrogens with zero attached hydrogens (tertiary/aromatic N) is 2. The molecule has 0 radical (unpaired) electrons. The lowest BCUT2D eigenvalue weighted by atomic mass is 10.1. The maximum absolute atomic E-state index is 10.1. The van der Waals surface area contributed by atoms with Gasteiger partial charge in [-0.3, -0.25) is 14.6 Å². The number of rotatable bonds is 4. The van der Waals surface area contributed by atoms with E-state index in [9.17, 15) is 4.79 Å². The fourth-order valence-corrected chi connectivity index (χ4v) is 1.77. The van der Waals surface area contributed by atoms with E-state index in [1.54, 1.807) is 0 Å². The van der Waals surface area contributed by atoms with Crippen LogP contribution in [0.1, 0.15) is 13.8 Å². The second-order valence-corrected chi connectivity index (χ2v) is 4.15. The predicted octanol–water partition coefficient (Wildman–Crippen LogP) is 0.184. The maximum Gasteiger partial charge on any atom is 0.293 e. The summed E-state index contributed by atoms with van der Waals surface area (Å²) >= 11 is 0. The molecule has 1 fully saturated rings. The minimum Gasteiger partial charge on any atom is -0.466 e. The first kappa shape index (κ1) is 11.5. The van der Waals surface area contributed by atoms with Gasteiger partial charge in [0.1, 0.15) is 6.61 Å². The van der Waals surface area contributed by atoms with Gasteiger partial charge in [-0.25, -0.2) is 0 Å². The van der Waals surface area contributed by atoms with Crippen molar-refractivity contribution in [2.75, 3.05) is 33.3 Å². The lowest BCUT2D eigenvalue weighted by molar-refractivity contribution is -0.131. The Morgan fingerprint density at radius 1 is 1.50 bits per heavy atom. The summed E-state index contributed by atoms with van der Waals surface area (Å²) in [6.07, 6.45) is 0. The van der Waals surface area contributed by atoms with Gasteiger partial charge in [-0.2, -0.15) is 0 Å². The van der Waals surface area contributed by atoms with Crippen LogP contribution >= 0.6 is 0 Å². The summed E-state index contributed by atoms with van der Waals surface area (Å²) in [5, 5.41) is 0. The number of carbonyl (C=O) groups excluding carboxylic acids is 1. The van der Waals surface area contributed by atoms with Gasteiger partial charge in [-0.15, -0.1) is 0 Å². The van der Waals surface area contributed by atoms with Gasteiger partial charge < -0.3 is 4.74 Å². The van der Waals surface area contributed by atoms with E-state index in [0.29, 0.717) is 25.2 Å². The molecule has 4 heteroatoms. The summed E-state index contributed by atoms with van der Waals surface area (Å²) in [5.41, 5.74) is 0. The van der Waals surface area contributed by atoms with E-state index in [4.69, 9.17) is 4.74 Å². The topological polar surface area (TPSA) is 32.8 Å². The van der Waals surface area contributed by atoms with Crippen molar-refractivity contribution < 1.29 is 9.53 Å². The predicted molar refractivity (Wildman–Crippen MR) is 55.1 cm³/mol. The van der Waals surface area contributed by atoms with Gasteiger partial charge >= 0.3 is 0 Å². The molecule has 1 rings (SSSR count). The molecule has 0 aliphatic carbocycles. The normalized spacial score (nSPS) is 25.3. The highest BCUT2D eigenvalue weighted by atomic mass is 16.5. The van der Waals surface area contributed by atoms with Crippen molar-refractivity contribution in [2.24, 2.45) is 0 Å². The largest absolute Gasteiger partial charge is 0.466 e. The van der Waals surface area contributed by atoms with E-state index < -0.39 is 0 Å². The molecule has 0 amide bonds. The van der Waals surface area contributed by atoms with Crippen LogP contribution in [0.25, 0.3) is 0 Å². The standard InChI is InChI=1S/C10H20N2O2/c1-9(2)12-5-4-11(3)10(6-12)7-14-8-13/h8-10H,4-7H2,1-3H3. The summed E-state index contributed by atoms with van der Waals surface area (Å²) in [6, 6.07) is 0.916. The smallest absolute Gasteiger partial charge is 0.293 e. The Bertz CT molecular complexity index is 185. The van der Waals surface area contributed by atoms with Crippen molar-refractivity contribution >= 4 is 6.47 Å². The van der Waals surface area contributed by atoms with Crippen LogP contribution in [-0.2, 0) is 9.53 Å². The number of piperazine rings is 1. The van der Waals surface area contributed by atoms with Gasteiger partial charge in [0.05, 0.1) is 6.04 Å². The first-order valence-corrected chi connectivity index (χ1v) is 5.14. The summed E-state index contributed by atoms with van der Waals surface area (Å²) in [4.78, 5) is 14.8. The summed E-state index contributed by atoms with van der Waals surface area (Å²) in [7, 11) is 2.08. The molecule has 1 heterocycles. The minimum atomic E-state index is 0.344. The zero-order valence-corrected chi connectivity index (χ0v) is 9.27. The Morgan fingerprint density at radius 2 is 2.21 bits per heavy atom. The van der Waals surface area contributed by atoms with Crippen LogP contribution in [0.5, 0.6) is 0 Å². The van der Waals surface area contributed by atoms with E-state index in [0.717, 1.165) is 19.6 Å². The second-order valence-electron chi connectivity index (χ2n) is 4.15. The summed E-state index contributed by atoms with van der Waals surface area (Å²) in [6.45, 7) is 8.57. The molecule has 1 aliphatic rings. The molecule has 0 aromatic carbocycles. The van der Waals surface area contributed by atoms with Crippen LogP contribution in [0.15, 0.2) is 0 Å². The van der Waals surface area contributed by atoms with Crippen molar-refractivity contribution in [3.8, 4) is 0 Å². The number of likely N-dealkylation sites (N-methyl/N-ethyl adjacent to an activating group) is 1. The molecule has 0 saturated carbocycles. The first-order valence-electron chi connectivity index (χ1n) is 5.14. The van der Waals surface area contributed by atoms with Crippen LogP contribution in [0.4, 0.5) is 0 Å². The molecule has 4 nitrogen and oxygen atoms in total. The molecule has 0 aromatic heterocycles. The highest BCUT2D eigenvalue weighted by molar-refractivity contribution is 5.36. The van der Waals surface area contributed by atoms with Crippen LogP contribution in [0.2, 0.25) is 0 Å². The minimum absolute atomic E-state index is 0.344. The van der Waals surface area contributed by atoms with E-state index in [2.05, 4.69) is 30.7 Å². The van der Waals surface area contributed by atoms with Gasteiger partial charge in [-0.1, -0.05) is 0 Å². The molecular weight excluding hydrogens is 180 g/mol. The molecule has 0 aromatic rings. The highest BCUT2D eigenvalue weighted by Crippen LogP contribution is 2.10. The van der Waals surface area contributed by atoms with Gasteiger partial charge in [0.15, 0.2) is 0 Å². The van der Waals surface area contributed by atoms with E-state index in [1.165, 1.54) is 0 Å². The number of carbonyl (C=O) groups is 1. The average Bonchev–Trinajstić information content (AvgIpc) is 2.16. The lowest BCUT2D eigenvalue weighted by Crippen LogP contribution is -2.54. The Morgan fingerprint density at radius 3 is 2.79 bits per heavy atom. The molecule has 0 spiro atoms. The van der Waals surface area contributed by atoms with Gasteiger partial charge in [-0.05, 0) is 20.9 Å². The molecule has 1 unspecified atom stereocenters. The SMILES string of the molecule is CC(C)N1CCN(C)C(COC=O)C1. The first-order chi connectivity index (χ1) is 6.65. The van der Waals surface area contributed by atoms with E-state index in [1.807, 2.05) is 0 Å². The van der Waals surface area contributed by atoms with Gasteiger partial charge in [0, 0.05) is 25.7 Å². The quantitative estimate of drug-likeness (QED) is 0.606. The molecule has 0 N–H and O–H groups in total. The third-order valence-corrected chi connectivity index (χ3v) is 2.90. The monoisotopic (exact) mass is 200 g/mol. The Balaban J connectivity index is 2.42. The fraction of sp³-hybridized carbons (Fsp3) is 0.900. The lowest BCUT2D eigenvalue weighted by Gasteiger charge is -2.40. The zero-order valence-electron chi connectivity index (χ0n) is 9.27. The highest BCUT2D eigenvalue weighted by Gasteiger charge is 2.25. The number of hydrogen-bond acceptors (Lipinski definition) is 4. The average molecular weight is 200 g/mol. The third-order valence-electron chi connectivity index (χ3n) is 2.90. The van der Waals surface area contributed by atoms with Crippen molar-refractivity contribution in [1.29, 1.82) is 0 Å². The summed E-state index contributed by atoms with van der Waals surface area (Å²) < 4.78 is 4.82. The van der Waals surface area contributed by atoms with Crippen LogP contribution < -0.4 is 0 Å². The molecule has 14 heavy (non-hydrogen) atoms. The van der Waals surface area contributed by atoms with Crippen LogP contribution in [0, 0.1) is 0 Å². The Hall–Kier alpha value is -0.610. The van der Waals surface area contributed by atoms with Crippen molar-refractivity contribution in [3.05, 3.63) is 0 Å². The second kappa shape index (κ2) is 5.32. The third kappa shape index (κ3) is 2.96. The Labute approximate surface area is 85.8 Å². The molecule has 1 saturated heterocycles. The fourth-order valence-electron chi connectivity index (χ4n) is 1.77. The molecule has 0 bridgehead atoms. The molecular formula is C10H20N2O2. The van der Waals surface area contributed by atoms with Crippen molar-refractivity contribution in [3.63, 3.8) is 0 Å². The van der Waals surface area contributed by atoms with Crippen LogP contribution in [0.3, 0.4) is 0 Å². The molecule has 1 atom stereocenters. The van der Waals surface area contributed by atoms with Gasteiger partial charge in [0.2, 0.25) is 0 Å². The molecule has 82 valence electrons. The van der Waals surface area contributed by atoms with E-state index >= 15 is 0 Å². The summed E-state index contributed by atoms with van der Waals surface area (Å²) in [5.74, 6) is 0. The Kier molecular flexibility index (Phi) is 4.35. The van der Waals surface area contributed by atoms with E-state index in [-0.39, 0.29) is 0 Å². The maximum atomic E-state index is 10.1. The number of ether oxygens (including phenoxy) is 1. The van der Waals surface area contributed by atoms with Crippen LogP contribution in [-0.4, -0.2) is 61.6 Å². The van der Waals surface area contributed by atoms with Crippen molar-refractivity contribution in [1.82, 2.24) is 9.80 Å². The molecule has 1 aliphatic heterocycles. The van der Waals surface area contributed by atoms with Crippen molar-refractivity contribution in [2.45, 2.75) is 25.9 Å². The zero-order chi connectivity index (χ0) is 10.6. The number of hydrogen-bond donors (Lipinski definition) is 0. The van der Waals surface area contributed by atoms with Gasteiger partial charge in [0.25, 0.3) is 6.47 Å².